The zero-order valence-corrected chi connectivity index (χ0v) is 17.1. The first-order chi connectivity index (χ1) is 14.9. The molecule has 0 radical (unpaired) electrons. The SMILES string of the molecule is COC(=O)CN(Cc1cc(OC)cc(OC)c1)C(=O)c1n[nH]c2ccc([N+](=O)[O-])cc12. The molecule has 2 aromatic carbocycles. The maximum absolute atomic E-state index is 13.3. The number of aromatic amines is 1. The van der Waals surface area contributed by atoms with Gasteiger partial charge in [-0.25, -0.2) is 0 Å². The highest BCUT2D eigenvalue weighted by atomic mass is 16.6. The molecular formula is C20H20N4O7. The van der Waals surface area contributed by atoms with E-state index in [4.69, 9.17) is 14.2 Å². The second kappa shape index (κ2) is 9.11. The fraction of sp³-hybridized carbons (Fsp3) is 0.250. The number of H-pyrrole nitrogens is 1. The van der Waals surface area contributed by atoms with Crippen LogP contribution in [0.4, 0.5) is 5.69 Å². The number of ether oxygens (including phenoxy) is 3. The first kappa shape index (κ1) is 21.6. The number of non-ortho nitro benzene ring substituents is 1. The van der Waals surface area contributed by atoms with Gasteiger partial charge in [0.25, 0.3) is 11.6 Å². The molecule has 0 atom stereocenters. The van der Waals surface area contributed by atoms with Crippen molar-refractivity contribution in [2.24, 2.45) is 0 Å². The van der Waals surface area contributed by atoms with Crippen LogP contribution in [0.1, 0.15) is 16.1 Å². The lowest BCUT2D eigenvalue weighted by molar-refractivity contribution is -0.384. The van der Waals surface area contributed by atoms with Crippen LogP contribution in [0.3, 0.4) is 0 Å². The Hall–Kier alpha value is -4.15. The fourth-order valence-electron chi connectivity index (χ4n) is 3.03. The van der Waals surface area contributed by atoms with Gasteiger partial charge in [0.1, 0.15) is 18.0 Å². The summed E-state index contributed by atoms with van der Waals surface area (Å²) in [6.45, 7) is -0.330. The van der Waals surface area contributed by atoms with Crippen LogP contribution in [0.5, 0.6) is 11.5 Å². The molecule has 0 spiro atoms. The van der Waals surface area contributed by atoms with E-state index in [0.717, 1.165) is 0 Å². The Labute approximate surface area is 176 Å². The van der Waals surface area contributed by atoms with E-state index in [0.29, 0.717) is 22.6 Å². The summed E-state index contributed by atoms with van der Waals surface area (Å²) in [5, 5.41) is 18.1. The molecule has 1 N–H and O–H groups in total. The molecule has 0 saturated carbocycles. The van der Waals surface area contributed by atoms with Gasteiger partial charge in [-0.2, -0.15) is 5.10 Å². The number of fused-ring (bicyclic) bond motifs is 1. The van der Waals surface area contributed by atoms with Crippen LogP contribution in [-0.2, 0) is 16.1 Å². The van der Waals surface area contributed by atoms with Crippen molar-refractivity contribution in [1.82, 2.24) is 15.1 Å². The largest absolute Gasteiger partial charge is 0.497 e. The molecule has 11 nitrogen and oxygen atoms in total. The highest BCUT2D eigenvalue weighted by Crippen LogP contribution is 2.26. The summed E-state index contributed by atoms with van der Waals surface area (Å²) in [6.07, 6.45) is 0. The van der Waals surface area contributed by atoms with Gasteiger partial charge in [0.15, 0.2) is 5.69 Å². The van der Waals surface area contributed by atoms with Crippen LogP contribution >= 0.6 is 0 Å². The molecule has 0 unspecified atom stereocenters. The monoisotopic (exact) mass is 428 g/mol. The van der Waals surface area contributed by atoms with Crippen molar-refractivity contribution in [3.8, 4) is 11.5 Å². The van der Waals surface area contributed by atoms with Gasteiger partial charge in [-0.05, 0) is 23.8 Å². The van der Waals surface area contributed by atoms with Gasteiger partial charge in [-0.3, -0.25) is 24.8 Å². The molecule has 0 bridgehead atoms. The van der Waals surface area contributed by atoms with Crippen molar-refractivity contribution >= 4 is 28.5 Å². The van der Waals surface area contributed by atoms with E-state index in [1.54, 1.807) is 18.2 Å². The number of methoxy groups -OCH3 is 3. The maximum Gasteiger partial charge on any atom is 0.325 e. The predicted octanol–water partition coefficient (Wildman–Crippen LogP) is 2.30. The number of amides is 1. The van der Waals surface area contributed by atoms with Crippen LogP contribution < -0.4 is 9.47 Å². The number of benzene rings is 2. The summed E-state index contributed by atoms with van der Waals surface area (Å²) >= 11 is 0. The van der Waals surface area contributed by atoms with Gasteiger partial charge in [-0.15, -0.1) is 0 Å². The number of nitrogens with one attached hydrogen (secondary N) is 1. The minimum absolute atomic E-state index is 0.0186. The number of hydrogen-bond donors (Lipinski definition) is 1. The second-order valence-corrected chi connectivity index (χ2v) is 6.52. The zero-order chi connectivity index (χ0) is 22.5. The maximum atomic E-state index is 13.3. The minimum Gasteiger partial charge on any atom is -0.497 e. The van der Waals surface area contributed by atoms with Crippen molar-refractivity contribution in [2.75, 3.05) is 27.9 Å². The Morgan fingerprint density at radius 1 is 1.10 bits per heavy atom. The van der Waals surface area contributed by atoms with Crippen LogP contribution in [0.25, 0.3) is 10.9 Å². The first-order valence-electron chi connectivity index (χ1n) is 9.06. The minimum atomic E-state index is -0.631. The molecule has 3 aromatic rings. The highest BCUT2D eigenvalue weighted by Gasteiger charge is 2.25. The van der Waals surface area contributed by atoms with Crippen molar-refractivity contribution in [3.05, 3.63) is 57.8 Å². The Morgan fingerprint density at radius 2 is 1.77 bits per heavy atom. The van der Waals surface area contributed by atoms with Crippen molar-refractivity contribution < 1.29 is 28.7 Å². The summed E-state index contributed by atoms with van der Waals surface area (Å²) < 4.78 is 15.2. The molecule has 1 aromatic heterocycles. The summed E-state index contributed by atoms with van der Waals surface area (Å²) in [7, 11) is 4.21. The number of nitro groups is 1. The third-order valence-electron chi connectivity index (χ3n) is 4.58. The quantitative estimate of drug-likeness (QED) is 0.328. The number of aromatic nitrogens is 2. The average molecular weight is 428 g/mol. The van der Waals surface area contributed by atoms with E-state index in [-0.39, 0.29) is 29.9 Å². The van der Waals surface area contributed by atoms with Crippen LogP contribution in [0.2, 0.25) is 0 Å². The molecule has 0 aliphatic heterocycles. The van der Waals surface area contributed by atoms with Crippen molar-refractivity contribution in [2.45, 2.75) is 6.54 Å². The molecule has 3 rings (SSSR count). The number of carbonyl (C=O) groups is 2. The number of esters is 1. The normalized spacial score (nSPS) is 10.5. The van der Waals surface area contributed by atoms with E-state index in [1.807, 2.05) is 0 Å². The van der Waals surface area contributed by atoms with Crippen molar-refractivity contribution in [3.63, 3.8) is 0 Å². The standard InChI is InChI=1S/C20H20N4O7/c1-29-14-6-12(7-15(9-14)30-2)10-23(11-18(25)31-3)20(26)19-16-8-13(24(27)28)4-5-17(16)21-22-19/h4-9H,10-11H2,1-3H3,(H,21,22). The number of rotatable bonds is 8. The van der Waals surface area contributed by atoms with Gasteiger partial charge < -0.3 is 19.1 Å². The molecule has 11 heteroatoms. The van der Waals surface area contributed by atoms with E-state index in [2.05, 4.69) is 10.2 Å². The van der Waals surface area contributed by atoms with E-state index >= 15 is 0 Å². The smallest absolute Gasteiger partial charge is 0.325 e. The molecule has 1 amide bonds. The Kier molecular flexibility index (Phi) is 6.34. The summed E-state index contributed by atoms with van der Waals surface area (Å²) in [6, 6.07) is 9.12. The molecule has 0 saturated heterocycles. The molecule has 162 valence electrons. The Morgan fingerprint density at radius 3 is 2.35 bits per heavy atom. The van der Waals surface area contributed by atoms with Gasteiger partial charge in [0.05, 0.1) is 31.8 Å². The van der Waals surface area contributed by atoms with E-state index in [1.165, 1.54) is 44.4 Å². The van der Waals surface area contributed by atoms with E-state index < -0.39 is 16.8 Å². The summed E-state index contributed by atoms with van der Waals surface area (Å²) in [4.78, 5) is 37.0. The van der Waals surface area contributed by atoms with Gasteiger partial charge in [0.2, 0.25) is 0 Å². The fourth-order valence-corrected chi connectivity index (χ4v) is 3.03. The molecule has 1 heterocycles. The predicted molar refractivity (Wildman–Crippen MR) is 109 cm³/mol. The number of nitrogens with zero attached hydrogens (tertiary/aromatic N) is 3. The molecule has 0 aliphatic carbocycles. The lowest BCUT2D eigenvalue weighted by atomic mass is 10.1. The lowest BCUT2D eigenvalue weighted by Gasteiger charge is -2.21. The Bertz CT molecular complexity index is 1120. The third kappa shape index (κ3) is 4.71. The molecular weight excluding hydrogens is 408 g/mol. The zero-order valence-electron chi connectivity index (χ0n) is 17.1. The van der Waals surface area contributed by atoms with Crippen LogP contribution in [0, 0.1) is 10.1 Å². The topological polar surface area (TPSA) is 137 Å². The van der Waals surface area contributed by atoms with Crippen LogP contribution in [0.15, 0.2) is 36.4 Å². The van der Waals surface area contributed by atoms with Gasteiger partial charge in [0, 0.05) is 30.1 Å². The molecule has 0 fully saturated rings. The average Bonchev–Trinajstić information content (AvgIpc) is 3.20. The van der Waals surface area contributed by atoms with Crippen molar-refractivity contribution in [1.29, 1.82) is 0 Å². The van der Waals surface area contributed by atoms with Gasteiger partial charge >= 0.3 is 5.97 Å². The Balaban J connectivity index is 2.00. The first-order valence-corrected chi connectivity index (χ1v) is 9.06. The third-order valence-corrected chi connectivity index (χ3v) is 4.58. The summed E-state index contributed by atoms with van der Waals surface area (Å²) in [5.74, 6) is -0.200. The number of hydrogen-bond acceptors (Lipinski definition) is 8. The lowest BCUT2D eigenvalue weighted by Crippen LogP contribution is -2.36. The van der Waals surface area contributed by atoms with E-state index in [9.17, 15) is 19.7 Å². The number of carbonyl (C=O) groups excluding carboxylic acids is 2. The summed E-state index contributed by atoms with van der Waals surface area (Å²) in [5.41, 5.74) is 0.867. The highest BCUT2D eigenvalue weighted by molar-refractivity contribution is 6.05. The molecule has 31 heavy (non-hydrogen) atoms. The molecule has 0 aliphatic rings. The van der Waals surface area contributed by atoms with Gasteiger partial charge in [-0.1, -0.05) is 0 Å². The number of nitro benzene ring substituents is 1. The second-order valence-electron chi connectivity index (χ2n) is 6.52. The van der Waals surface area contributed by atoms with Crippen LogP contribution in [-0.4, -0.2) is 59.8 Å².